The molecule has 0 radical (unpaired) electrons. The maximum absolute atomic E-state index is 5.83. The maximum Gasteiger partial charge on any atom is 0.500 e. The number of hydrogen-bond donors (Lipinski definition) is 0. The zero-order valence-corrected chi connectivity index (χ0v) is 28.3. The molecular weight excluding hydrogens is 529 g/mol. The second-order valence-corrected chi connectivity index (χ2v) is 15.6. The zero-order valence-electron chi connectivity index (χ0n) is 26.3. The third-order valence-corrected chi connectivity index (χ3v) is 12.7. The molecule has 0 N–H and O–H groups in total. The predicted octanol–water partition coefficient (Wildman–Crippen LogP) is 7.73. The van der Waals surface area contributed by atoms with Gasteiger partial charge in [-0.2, -0.15) is 0 Å². The van der Waals surface area contributed by atoms with Gasteiger partial charge in [-0.3, -0.25) is 0 Å². The van der Waals surface area contributed by atoms with E-state index in [1.165, 1.54) is 89.9 Å². The summed E-state index contributed by atoms with van der Waals surface area (Å²) in [5, 5.41) is 0. The average molecular weight is 599 g/mol. The van der Waals surface area contributed by atoms with Crippen molar-refractivity contribution in [3.63, 3.8) is 0 Å². The summed E-state index contributed by atoms with van der Waals surface area (Å²) in [6.07, 6.45) is 21.2. The van der Waals surface area contributed by atoms with Gasteiger partial charge in [-0.05, 0) is 44.6 Å². The molecule has 0 aliphatic heterocycles. The largest absolute Gasteiger partial charge is 0.500 e. The molecule has 234 valence electrons. The monoisotopic (exact) mass is 598 g/mol. The van der Waals surface area contributed by atoms with Gasteiger partial charge in [0.25, 0.3) is 0 Å². The van der Waals surface area contributed by atoms with Crippen molar-refractivity contribution in [1.82, 2.24) is 0 Å². The predicted molar refractivity (Wildman–Crippen MR) is 174 cm³/mol. The van der Waals surface area contributed by atoms with Gasteiger partial charge in [-0.15, -0.1) is 0 Å². The molecule has 0 bridgehead atoms. The van der Waals surface area contributed by atoms with Gasteiger partial charge in [0.05, 0.1) is 0 Å². The third-order valence-electron chi connectivity index (χ3n) is 6.70. The minimum atomic E-state index is -2.36. The molecule has 38 heavy (non-hydrogen) atoms. The second kappa shape index (κ2) is 31.9. The molecule has 0 aliphatic carbocycles. The van der Waals surface area contributed by atoms with Gasteiger partial charge >= 0.3 is 17.6 Å². The summed E-state index contributed by atoms with van der Waals surface area (Å²) in [5.74, 6) is 0. The van der Waals surface area contributed by atoms with E-state index in [1.54, 1.807) is 21.3 Å². The molecule has 0 aromatic heterocycles. The fourth-order valence-electron chi connectivity index (χ4n) is 4.51. The van der Waals surface area contributed by atoms with E-state index < -0.39 is 17.6 Å². The lowest BCUT2D eigenvalue weighted by Gasteiger charge is -2.28. The molecule has 0 fully saturated rings. The Kier molecular flexibility index (Phi) is 36.0. The average Bonchev–Trinajstić information content (AvgIpc) is 2.91. The summed E-state index contributed by atoms with van der Waals surface area (Å²) in [7, 11) is 0.398. The van der Waals surface area contributed by atoms with Crippen molar-refractivity contribution in [2.45, 2.75) is 149 Å². The van der Waals surface area contributed by atoms with Crippen molar-refractivity contribution < 1.29 is 26.6 Å². The van der Waals surface area contributed by atoms with Gasteiger partial charge in [-0.25, -0.2) is 0 Å². The Morgan fingerprint density at radius 2 is 0.632 bits per heavy atom. The number of unbranched alkanes of at least 4 members (excludes halogenated alkanes) is 14. The smallest absolute Gasteiger partial charge is 0.377 e. The van der Waals surface area contributed by atoms with E-state index in [9.17, 15) is 0 Å². The van der Waals surface area contributed by atoms with Crippen LogP contribution in [0.4, 0.5) is 0 Å². The lowest BCUT2D eigenvalue weighted by atomic mass is 10.1. The van der Waals surface area contributed by atoms with Crippen molar-refractivity contribution in [1.29, 1.82) is 0 Å². The molecule has 6 nitrogen and oxygen atoms in total. The van der Waals surface area contributed by atoms with Crippen LogP contribution in [0, 0.1) is 0 Å². The molecule has 9 heteroatoms. The summed E-state index contributed by atoms with van der Waals surface area (Å²) in [4.78, 5) is 0. The highest BCUT2D eigenvalue weighted by atomic mass is 28.4. The first-order chi connectivity index (χ1) is 18.0. The molecule has 0 heterocycles. The van der Waals surface area contributed by atoms with Crippen LogP contribution in [0.2, 0.25) is 12.1 Å². The lowest BCUT2D eigenvalue weighted by Crippen LogP contribution is -2.45. The lowest BCUT2D eigenvalue weighted by molar-refractivity contribution is 0.0706. The van der Waals surface area contributed by atoms with Gasteiger partial charge in [-0.1, -0.05) is 104 Å². The Hall–Kier alpha value is 0.411. The highest BCUT2D eigenvalue weighted by Crippen LogP contribution is 2.21. The summed E-state index contributed by atoms with van der Waals surface area (Å²) in [6, 6.07) is 1.90. The van der Waals surface area contributed by atoms with Crippen molar-refractivity contribution in [2.75, 3.05) is 41.2 Å². The Morgan fingerprint density at radius 1 is 0.368 bits per heavy atom. The van der Waals surface area contributed by atoms with Crippen LogP contribution in [0.15, 0.2) is 0 Å². The first-order valence-corrected chi connectivity index (χ1v) is 19.4. The van der Waals surface area contributed by atoms with E-state index in [4.69, 9.17) is 26.6 Å². The molecule has 0 saturated carbocycles. The van der Waals surface area contributed by atoms with Crippen molar-refractivity contribution in [2.24, 2.45) is 0 Å². The van der Waals surface area contributed by atoms with Crippen LogP contribution >= 0.6 is 0 Å². The molecule has 0 aromatic rings. The molecule has 0 aliphatic rings. The maximum atomic E-state index is 5.83. The summed E-state index contributed by atoms with van der Waals surface area (Å²) < 4.78 is 33.7. The topological polar surface area (TPSA) is 55.4 Å². The summed E-state index contributed by atoms with van der Waals surface area (Å²) >= 11 is 0. The van der Waals surface area contributed by atoms with Crippen molar-refractivity contribution in [3.05, 3.63) is 0 Å². The van der Waals surface area contributed by atoms with Crippen LogP contribution < -0.4 is 0 Å². The van der Waals surface area contributed by atoms with Gasteiger partial charge in [0.2, 0.25) is 0 Å². The Bertz CT molecular complexity index is 417. The van der Waals surface area contributed by atoms with Gasteiger partial charge in [0, 0.05) is 53.2 Å². The quantitative estimate of drug-likeness (QED) is 0.0712. The van der Waals surface area contributed by atoms with E-state index in [0.29, 0.717) is 19.8 Å². The van der Waals surface area contributed by atoms with Crippen LogP contribution in [0.5, 0.6) is 0 Å². The van der Waals surface area contributed by atoms with E-state index >= 15 is 0 Å². The Balaban J connectivity index is -0.000000629. The normalized spacial score (nSPS) is 11.7. The van der Waals surface area contributed by atoms with Crippen LogP contribution in [0.1, 0.15) is 137 Å². The van der Waals surface area contributed by atoms with Crippen LogP contribution in [-0.2, 0) is 26.6 Å². The molecule has 0 saturated heterocycles. The van der Waals surface area contributed by atoms with Crippen LogP contribution in [0.25, 0.3) is 0 Å². The standard InChI is InChI=1S/C15H34O3Si.C14H32O3Si.H4Si/c1-5-6-7-8-9-10-11-12-13-14-15-19(16-2,17-3)18-4;1-5-9-10-11-12-13-14-18(15-6-2,16-7-3)17-8-4;/h5-15H2,1-4H3;5-14H2,1-4H3;1H4. The third kappa shape index (κ3) is 24.2. The highest BCUT2D eigenvalue weighted by Gasteiger charge is 2.39. The molecule has 0 aromatic carbocycles. The minimum absolute atomic E-state index is 0. The Labute approximate surface area is 245 Å². The van der Waals surface area contributed by atoms with Gasteiger partial charge < -0.3 is 26.6 Å². The van der Waals surface area contributed by atoms with Crippen LogP contribution in [0.3, 0.4) is 0 Å². The van der Waals surface area contributed by atoms with E-state index in [2.05, 4.69) is 13.8 Å². The zero-order chi connectivity index (χ0) is 28.1. The number of hydrogen-bond acceptors (Lipinski definition) is 6. The summed E-state index contributed by atoms with van der Waals surface area (Å²) in [6.45, 7) is 12.6. The second-order valence-electron chi connectivity index (χ2n) is 9.73. The molecular formula is C29H70O6Si3. The first-order valence-electron chi connectivity index (χ1n) is 15.6. The van der Waals surface area contributed by atoms with E-state index in [1.807, 2.05) is 20.8 Å². The van der Waals surface area contributed by atoms with Crippen molar-refractivity contribution in [3.8, 4) is 0 Å². The summed E-state index contributed by atoms with van der Waals surface area (Å²) in [5.41, 5.74) is 0. The van der Waals surface area contributed by atoms with Gasteiger partial charge in [0.15, 0.2) is 0 Å². The molecule has 0 amide bonds. The van der Waals surface area contributed by atoms with Crippen LogP contribution in [-0.4, -0.2) is 69.7 Å². The Morgan fingerprint density at radius 3 is 0.895 bits per heavy atom. The molecule has 0 rings (SSSR count). The minimum Gasteiger partial charge on any atom is -0.377 e. The highest BCUT2D eigenvalue weighted by molar-refractivity contribution is 6.61. The fourth-order valence-corrected chi connectivity index (χ4v) is 8.99. The fraction of sp³-hybridized carbons (Fsp3) is 1.00. The molecule has 0 unspecified atom stereocenters. The van der Waals surface area contributed by atoms with E-state index in [0.717, 1.165) is 24.9 Å². The SMILES string of the molecule is CCCCCCCCCCCC[Si](OC)(OC)OC.CCCCCCCC[Si](OCC)(OCC)OCC.[SiH4]. The van der Waals surface area contributed by atoms with E-state index in [-0.39, 0.29) is 11.0 Å². The van der Waals surface area contributed by atoms with Gasteiger partial charge in [0.1, 0.15) is 0 Å². The van der Waals surface area contributed by atoms with Crippen molar-refractivity contribution >= 4 is 28.6 Å². The molecule has 0 atom stereocenters. The molecule has 0 spiro atoms. The first kappa shape index (κ1) is 42.9. The number of rotatable bonds is 27.